The minimum atomic E-state index is -0.169. The lowest BCUT2D eigenvalue weighted by Crippen LogP contribution is -2.08. The number of halogens is 1. The van der Waals surface area contributed by atoms with Crippen molar-refractivity contribution >= 4 is 0 Å². The van der Waals surface area contributed by atoms with Crippen molar-refractivity contribution in [3.05, 3.63) is 35.7 Å². The van der Waals surface area contributed by atoms with Gasteiger partial charge in [-0.2, -0.15) is 0 Å². The zero-order valence-corrected chi connectivity index (χ0v) is 8.55. The molecule has 0 heterocycles. The van der Waals surface area contributed by atoms with E-state index in [4.69, 9.17) is 5.73 Å². The van der Waals surface area contributed by atoms with Crippen molar-refractivity contribution in [2.24, 2.45) is 11.7 Å². The molecule has 1 atom stereocenters. The lowest BCUT2D eigenvalue weighted by molar-refractivity contribution is 0.657. The molecule has 0 saturated heterocycles. The van der Waals surface area contributed by atoms with E-state index in [9.17, 15) is 4.39 Å². The van der Waals surface area contributed by atoms with Crippen LogP contribution in [0.5, 0.6) is 0 Å². The number of hydrogen-bond acceptors (Lipinski definition) is 1. The predicted octanol–water partition coefficient (Wildman–Crippen LogP) is 2.96. The molecule has 2 N–H and O–H groups in total. The van der Waals surface area contributed by atoms with Crippen molar-refractivity contribution in [1.29, 1.82) is 0 Å². The predicted molar refractivity (Wildman–Crippen MR) is 56.0 cm³/mol. The van der Waals surface area contributed by atoms with Crippen LogP contribution in [0, 0.1) is 5.92 Å². The fraction of sp³-hybridized carbons (Fsp3) is 0.455. The largest absolute Gasteiger partial charge is 0.330 e. The van der Waals surface area contributed by atoms with Crippen LogP contribution in [0.15, 0.2) is 35.7 Å². The van der Waals surface area contributed by atoms with E-state index in [0.29, 0.717) is 12.1 Å². The minimum absolute atomic E-state index is 0.169. The fourth-order valence-electron chi connectivity index (χ4n) is 0.908. The second-order valence-corrected chi connectivity index (χ2v) is 2.65. The van der Waals surface area contributed by atoms with Gasteiger partial charge >= 0.3 is 0 Å². The monoisotopic (exact) mass is 183 g/mol. The Morgan fingerprint density at radius 1 is 1.31 bits per heavy atom. The molecular formula is C11H18FN. The van der Waals surface area contributed by atoms with Gasteiger partial charge in [-0.1, -0.05) is 32.1 Å². The molecule has 13 heavy (non-hydrogen) atoms. The summed E-state index contributed by atoms with van der Waals surface area (Å²) in [7, 11) is 0. The molecule has 1 aliphatic rings. The fourth-order valence-corrected chi connectivity index (χ4v) is 0.908. The number of rotatable bonds is 1. The van der Waals surface area contributed by atoms with E-state index in [0.717, 1.165) is 0 Å². The van der Waals surface area contributed by atoms with E-state index in [1.165, 1.54) is 6.08 Å². The molecule has 0 aliphatic heterocycles. The molecule has 0 bridgehead atoms. The van der Waals surface area contributed by atoms with Gasteiger partial charge in [-0.3, -0.25) is 0 Å². The molecule has 1 rings (SSSR count). The number of allylic oxidation sites excluding steroid dienone is 4. The zero-order chi connectivity index (χ0) is 10.3. The van der Waals surface area contributed by atoms with Gasteiger partial charge in [-0.15, -0.1) is 0 Å². The summed E-state index contributed by atoms with van der Waals surface area (Å²) in [4.78, 5) is 0. The van der Waals surface area contributed by atoms with Gasteiger partial charge in [0.15, 0.2) is 0 Å². The summed E-state index contributed by atoms with van der Waals surface area (Å²) in [5, 5.41) is 0. The Hall–Kier alpha value is -0.890. The first kappa shape index (κ1) is 12.1. The second kappa shape index (κ2) is 6.61. The van der Waals surface area contributed by atoms with Gasteiger partial charge in [-0.25, -0.2) is 4.39 Å². The summed E-state index contributed by atoms with van der Waals surface area (Å²) in [6.45, 7) is 6.28. The van der Waals surface area contributed by atoms with Crippen molar-refractivity contribution < 1.29 is 4.39 Å². The van der Waals surface area contributed by atoms with Crippen LogP contribution in [0.3, 0.4) is 0 Å². The van der Waals surface area contributed by atoms with Gasteiger partial charge in [0.1, 0.15) is 5.83 Å². The minimum Gasteiger partial charge on any atom is -0.330 e. The average Bonchev–Trinajstić information content (AvgIpc) is 2.34. The Balaban J connectivity index is 0.000000671. The first-order valence-corrected chi connectivity index (χ1v) is 4.67. The maximum absolute atomic E-state index is 12.8. The summed E-state index contributed by atoms with van der Waals surface area (Å²) < 4.78 is 12.8. The third-order valence-electron chi connectivity index (χ3n) is 1.73. The zero-order valence-electron chi connectivity index (χ0n) is 8.55. The SMILES string of the molecule is CC.CC1=C(F)C=CC(CN)C=C1. The van der Waals surface area contributed by atoms with Crippen LogP contribution in [0.1, 0.15) is 20.8 Å². The van der Waals surface area contributed by atoms with E-state index in [1.807, 2.05) is 19.9 Å². The normalized spacial score (nSPS) is 20.8. The Labute approximate surface area is 79.8 Å². The highest BCUT2D eigenvalue weighted by Crippen LogP contribution is 2.15. The maximum Gasteiger partial charge on any atom is 0.125 e. The van der Waals surface area contributed by atoms with E-state index in [2.05, 4.69) is 0 Å². The topological polar surface area (TPSA) is 26.0 Å². The molecule has 1 nitrogen and oxygen atoms in total. The highest BCUT2D eigenvalue weighted by Gasteiger charge is 2.02. The Bertz CT molecular complexity index is 204. The molecule has 0 fully saturated rings. The van der Waals surface area contributed by atoms with Crippen LogP contribution < -0.4 is 5.73 Å². The van der Waals surface area contributed by atoms with Gasteiger partial charge in [-0.05, 0) is 18.6 Å². The summed E-state index contributed by atoms with van der Waals surface area (Å²) in [6, 6.07) is 0. The van der Waals surface area contributed by atoms with Gasteiger partial charge in [0.05, 0.1) is 0 Å². The van der Waals surface area contributed by atoms with Crippen molar-refractivity contribution in [1.82, 2.24) is 0 Å². The summed E-state index contributed by atoms with van der Waals surface area (Å²) >= 11 is 0. The third-order valence-corrected chi connectivity index (χ3v) is 1.73. The maximum atomic E-state index is 12.8. The molecule has 0 saturated carbocycles. The van der Waals surface area contributed by atoms with Crippen molar-refractivity contribution in [3.8, 4) is 0 Å². The highest BCUT2D eigenvalue weighted by atomic mass is 19.1. The summed E-state index contributed by atoms with van der Waals surface area (Å²) in [6.07, 6.45) is 6.94. The molecule has 2 heteroatoms. The Morgan fingerprint density at radius 3 is 2.38 bits per heavy atom. The Kier molecular flexibility index (Phi) is 6.15. The highest BCUT2D eigenvalue weighted by molar-refractivity contribution is 5.31. The van der Waals surface area contributed by atoms with Crippen LogP contribution >= 0.6 is 0 Å². The van der Waals surface area contributed by atoms with Crippen molar-refractivity contribution in [2.45, 2.75) is 20.8 Å². The molecule has 0 aromatic carbocycles. The van der Waals surface area contributed by atoms with Gasteiger partial charge in [0.2, 0.25) is 0 Å². The summed E-state index contributed by atoms with van der Waals surface area (Å²) in [5.41, 5.74) is 6.08. The molecule has 0 aromatic heterocycles. The lowest BCUT2D eigenvalue weighted by Gasteiger charge is -1.98. The van der Waals surface area contributed by atoms with Crippen LogP contribution in [0.2, 0.25) is 0 Å². The number of hydrogen-bond donors (Lipinski definition) is 1. The van der Waals surface area contributed by atoms with E-state index < -0.39 is 0 Å². The third kappa shape index (κ3) is 4.04. The van der Waals surface area contributed by atoms with Gasteiger partial charge in [0.25, 0.3) is 0 Å². The van der Waals surface area contributed by atoms with Crippen LogP contribution in [0.4, 0.5) is 4.39 Å². The second-order valence-electron chi connectivity index (χ2n) is 2.65. The van der Waals surface area contributed by atoms with Gasteiger partial charge < -0.3 is 5.73 Å². The standard InChI is InChI=1S/C9H12FN.C2H6/c1-7-2-3-8(6-11)4-5-9(7)10;1-2/h2-5,8H,6,11H2,1H3;1-2H3. The van der Waals surface area contributed by atoms with Crippen LogP contribution in [-0.4, -0.2) is 6.54 Å². The van der Waals surface area contributed by atoms with E-state index in [1.54, 1.807) is 19.1 Å². The van der Waals surface area contributed by atoms with Crippen LogP contribution in [0.25, 0.3) is 0 Å². The van der Waals surface area contributed by atoms with E-state index in [-0.39, 0.29) is 11.7 Å². The number of nitrogens with two attached hydrogens (primary N) is 1. The summed E-state index contributed by atoms with van der Waals surface area (Å²) in [5.74, 6) is 0.00963. The smallest absolute Gasteiger partial charge is 0.125 e. The average molecular weight is 183 g/mol. The Morgan fingerprint density at radius 2 is 1.85 bits per heavy atom. The van der Waals surface area contributed by atoms with Crippen LogP contribution in [-0.2, 0) is 0 Å². The quantitative estimate of drug-likeness (QED) is 0.664. The molecule has 1 aliphatic carbocycles. The lowest BCUT2D eigenvalue weighted by atomic mass is 10.1. The van der Waals surface area contributed by atoms with E-state index >= 15 is 0 Å². The molecule has 0 spiro atoms. The molecule has 74 valence electrons. The molecule has 0 amide bonds. The van der Waals surface area contributed by atoms with Gasteiger partial charge in [0, 0.05) is 12.5 Å². The molecule has 0 radical (unpaired) electrons. The first-order chi connectivity index (χ1) is 6.24. The van der Waals surface area contributed by atoms with Crippen molar-refractivity contribution in [3.63, 3.8) is 0 Å². The molecule has 1 unspecified atom stereocenters. The molecule has 0 aromatic rings. The first-order valence-electron chi connectivity index (χ1n) is 4.67. The molecular weight excluding hydrogens is 165 g/mol. The van der Waals surface area contributed by atoms with Crippen molar-refractivity contribution in [2.75, 3.05) is 6.54 Å².